The summed E-state index contributed by atoms with van der Waals surface area (Å²) in [5.41, 5.74) is 0. The van der Waals surface area contributed by atoms with E-state index < -0.39 is 0 Å². The van der Waals surface area contributed by atoms with Gasteiger partial charge in [-0.05, 0) is 41.9 Å². The Bertz CT molecular complexity index is 311. The van der Waals surface area contributed by atoms with Gasteiger partial charge in [-0.25, -0.2) is 0 Å². The second kappa shape index (κ2) is 3.82. The van der Waals surface area contributed by atoms with E-state index in [-0.39, 0.29) is 4.75 Å². The molecule has 0 aliphatic rings. The first-order valence-electron chi connectivity index (χ1n) is 3.39. The van der Waals surface area contributed by atoms with Gasteiger partial charge in [0.25, 0.3) is 0 Å². The molecule has 0 N–H and O–H groups in total. The van der Waals surface area contributed by atoms with Gasteiger partial charge in [-0.15, -0.1) is 11.3 Å². The van der Waals surface area contributed by atoms with Gasteiger partial charge >= 0.3 is 0 Å². The summed E-state index contributed by atoms with van der Waals surface area (Å²) in [7, 11) is 0. The summed E-state index contributed by atoms with van der Waals surface area (Å²) < 4.78 is 1.96. The molecule has 0 atom stereocenters. The molecule has 4 heteroatoms. The lowest BCUT2D eigenvalue weighted by Crippen LogP contribution is -2.09. The van der Waals surface area contributed by atoms with Crippen molar-refractivity contribution in [2.75, 3.05) is 0 Å². The van der Waals surface area contributed by atoms with Crippen molar-refractivity contribution in [1.29, 1.82) is 5.26 Å². The Balaban J connectivity index is 2.72. The molecular formula is C8H8BrNS2. The van der Waals surface area contributed by atoms with Crippen LogP contribution in [0.15, 0.2) is 20.1 Å². The second-order valence-electron chi connectivity index (χ2n) is 2.78. The normalized spacial score (nSPS) is 11.2. The summed E-state index contributed by atoms with van der Waals surface area (Å²) in [6.07, 6.45) is 0. The lowest BCUT2D eigenvalue weighted by molar-refractivity contribution is 0.915. The Hall–Kier alpha value is 0.0200. The first kappa shape index (κ1) is 10.1. The highest BCUT2D eigenvalue weighted by Crippen LogP contribution is 2.37. The number of thioether (sulfide) groups is 1. The molecule has 1 heterocycles. The number of nitriles is 1. The van der Waals surface area contributed by atoms with Crippen LogP contribution in [0.2, 0.25) is 0 Å². The molecule has 0 amide bonds. The van der Waals surface area contributed by atoms with Crippen LogP contribution in [-0.4, -0.2) is 4.75 Å². The van der Waals surface area contributed by atoms with Crippen molar-refractivity contribution < 1.29 is 0 Å². The van der Waals surface area contributed by atoms with Crippen LogP contribution in [0.25, 0.3) is 0 Å². The molecule has 1 aromatic heterocycles. The fraction of sp³-hybridized carbons (Fsp3) is 0.375. The first-order chi connectivity index (χ1) is 5.53. The van der Waals surface area contributed by atoms with Gasteiger partial charge in [0.05, 0.1) is 14.1 Å². The summed E-state index contributed by atoms with van der Waals surface area (Å²) in [6, 6.07) is 6.28. The molecule has 1 nitrogen and oxygen atoms in total. The summed E-state index contributed by atoms with van der Waals surface area (Å²) in [4.78, 5) is 0. The van der Waals surface area contributed by atoms with E-state index in [4.69, 9.17) is 5.26 Å². The van der Waals surface area contributed by atoms with Crippen molar-refractivity contribution in [3.63, 3.8) is 0 Å². The Morgan fingerprint density at radius 2 is 2.25 bits per heavy atom. The van der Waals surface area contributed by atoms with E-state index in [1.807, 2.05) is 26.0 Å². The Morgan fingerprint density at radius 3 is 2.67 bits per heavy atom. The van der Waals surface area contributed by atoms with E-state index in [9.17, 15) is 0 Å². The lowest BCUT2D eigenvalue weighted by Gasteiger charge is -2.11. The average molecular weight is 262 g/mol. The Morgan fingerprint density at radius 1 is 1.58 bits per heavy atom. The summed E-state index contributed by atoms with van der Waals surface area (Å²) in [5.74, 6) is 0. The van der Waals surface area contributed by atoms with Crippen molar-refractivity contribution in [2.24, 2.45) is 0 Å². The van der Waals surface area contributed by atoms with E-state index in [1.54, 1.807) is 23.1 Å². The maximum absolute atomic E-state index is 8.78. The predicted molar refractivity (Wildman–Crippen MR) is 57.6 cm³/mol. The molecule has 0 aromatic carbocycles. The molecule has 0 spiro atoms. The van der Waals surface area contributed by atoms with E-state index in [0.29, 0.717) is 0 Å². The van der Waals surface area contributed by atoms with E-state index in [0.717, 1.165) is 3.79 Å². The average Bonchev–Trinajstić information content (AvgIpc) is 2.35. The molecule has 1 rings (SSSR count). The van der Waals surface area contributed by atoms with Crippen LogP contribution in [0.3, 0.4) is 0 Å². The SMILES string of the molecule is CC(C)(C#N)Sc1ccc(Br)s1. The Kier molecular flexibility index (Phi) is 3.22. The van der Waals surface area contributed by atoms with Crippen molar-refractivity contribution in [3.8, 4) is 6.07 Å². The number of rotatable bonds is 2. The lowest BCUT2D eigenvalue weighted by atomic mass is 10.2. The number of nitrogens with zero attached hydrogens (tertiary/aromatic N) is 1. The van der Waals surface area contributed by atoms with Crippen molar-refractivity contribution in [1.82, 2.24) is 0 Å². The van der Waals surface area contributed by atoms with Gasteiger partial charge < -0.3 is 0 Å². The maximum atomic E-state index is 8.78. The molecule has 0 unspecified atom stereocenters. The van der Waals surface area contributed by atoms with Crippen molar-refractivity contribution in [3.05, 3.63) is 15.9 Å². The molecule has 0 aliphatic heterocycles. The highest BCUT2D eigenvalue weighted by molar-refractivity contribution is 9.11. The number of thiophene rings is 1. The molecule has 0 radical (unpaired) electrons. The minimum absolute atomic E-state index is 0.329. The zero-order valence-electron chi connectivity index (χ0n) is 6.80. The molecule has 0 fully saturated rings. The largest absolute Gasteiger partial charge is 0.197 e. The van der Waals surface area contributed by atoms with E-state index in [2.05, 4.69) is 22.0 Å². The monoisotopic (exact) mass is 261 g/mol. The van der Waals surface area contributed by atoms with Crippen molar-refractivity contribution >= 4 is 39.0 Å². The zero-order valence-corrected chi connectivity index (χ0v) is 10.0. The van der Waals surface area contributed by atoms with E-state index >= 15 is 0 Å². The highest BCUT2D eigenvalue weighted by atomic mass is 79.9. The first-order valence-corrected chi connectivity index (χ1v) is 5.82. The van der Waals surface area contributed by atoms with Gasteiger partial charge in [0.2, 0.25) is 0 Å². The highest BCUT2D eigenvalue weighted by Gasteiger charge is 2.18. The van der Waals surface area contributed by atoms with Gasteiger partial charge in [0.1, 0.15) is 4.75 Å². The molecule has 12 heavy (non-hydrogen) atoms. The predicted octanol–water partition coefficient (Wildman–Crippen LogP) is 3.90. The van der Waals surface area contributed by atoms with Crippen LogP contribution in [0.1, 0.15) is 13.8 Å². The minimum Gasteiger partial charge on any atom is -0.197 e. The molecule has 0 saturated heterocycles. The molecule has 0 saturated carbocycles. The Labute approximate surface area is 88.9 Å². The third-order valence-corrected chi connectivity index (χ3v) is 4.03. The molecular weight excluding hydrogens is 254 g/mol. The van der Waals surface area contributed by atoms with Crippen molar-refractivity contribution in [2.45, 2.75) is 22.8 Å². The maximum Gasteiger partial charge on any atom is 0.102 e. The third kappa shape index (κ3) is 2.81. The molecule has 0 bridgehead atoms. The molecule has 64 valence electrons. The second-order valence-corrected chi connectivity index (χ2v) is 7.17. The minimum atomic E-state index is -0.329. The molecule has 0 aliphatic carbocycles. The summed E-state index contributed by atoms with van der Waals surface area (Å²) >= 11 is 6.64. The van der Waals surface area contributed by atoms with Gasteiger partial charge in [-0.1, -0.05) is 11.8 Å². The number of hydrogen-bond donors (Lipinski definition) is 0. The fourth-order valence-electron chi connectivity index (χ4n) is 0.627. The van der Waals surface area contributed by atoms with Crippen LogP contribution >= 0.6 is 39.0 Å². The van der Waals surface area contributed by atoms with Crippen LogP contribution in [0, 0.1) is 11.3 Å². The summed E-state index contributed by atoms with van der Waals surface area (Å²) in [5, 5.41) is 8.78. The van der Waals surface area contributed by atoms with Crippen LogP contribution in [0.4, 0.5) is 0 Å². The molecule has 1 aromatic rings. The van der Waals surface area contributed by atoms with Gasteiger partial charge in [0, 0.05) is 0 Å². The number of halogens is 1. The third-order valence-electron chi connectivity index (χ3n) is 1.17. The van der Waals surface area contributed by atoms with Gasteiger partial charge in [-0.3, -0.25) is 0 Å². The fourth-order valence-corrected chi connectivity index (χ4v) is 3.81. The van der Waals surface area contributed by atoms with E-state index in [1.165, 1.54) is 4.21 Å². The topological polar surface area (TPSA) is 23.8 Å². The van der Waals surface area contributed by atoms with Crippen LogP contribution in [0.5, 0.6) is 0 Å². The van der Waals surface area contributed by atoms with Gasteiger partial charge in [0.15, 0.2) is 0 Å². The van der Waals surface area contributed by atoms with Crippen LogP contribution in [-0.2, 0) is 0 Å². The summed E-state index contributed by atoms with van der Waals surface area (Å²) in [6.45, 7) is 3.84. The standard InChI is InChI=1S/C8H8BrNS2/c1-8(2,5-10)12-7-4-3-6(9)11-7/h3-4H,1-2H3. The number of hydrogen-bond acceptors (Lipinski definition) is 3. The quantitative estimate of drug-likeness (QED) is 0.754. The van der Waals surface area contributed by atoms with Crippen LogP contribution < -0.4 is 0 Å². The zero-order chi connectivity index (χ0) is 9.19. The van der Waals surface area contributed by atoms with Gasteiger partial charge in [-0.2, -0.15) is 5.26 Å². The smallest absolute Gasteiger partial charge is 0.102 e.